The number of hydrogen-bond acceptors (Lipinski definition) is 7. The van der Waals surface area contributed by atoms with E-state index in [1.54, 1.807) is 6.07 Å². The van der Waals surface area contributed by atoms with Crippen LogP contribution in [0.3, 0.4) is 0 Å². The molecule has 0 bridgehead atoms. The van der Waals surface area contributed by atoms with Gasteiger partial charge in [-0.1, -0.05) is 6.07 Å². The number of nitrogens with two attached hydrogens (primary N) is 1. The molecule has 8 N–H and O–H groups in total. The molecule has 0 aromatic heterocycles. The van der Waals surface area contributed by atoms with Gasteiger partial charge in [0.25, 0.3) is 0 Å². The van der Waals surface area contributed by atoms with Crippen molar-refractivity contribution < 1.29 is 19.8 Å². The van der Waals surface area contributed by atoms with Gasteiger partial charge in [-0.2, -0.15) is 0 Å². The average Bonchev–Trinajstić information content (AvgIpc) is 2.65. The molecule has 0 saturated carbocycles. The molecule has 0 aliphatic rings. The third-order valence-corrected chi connectivity index (χ3v) is 3.78. The lowest BCUT2D eigenvalue weighted by Crippen LogP contribution is -2.36. The molecule has 0 radical (unpaired) electrons. The van der Waals surface area contributed by atoms with E-state index in [1.165, 1.54) is 12.1 Å². The van der Waals surface area contributed by atoms with Crippen molar-refractivity contribution in [3.05, 3.63) is 23.8 Å². The second kappa shape index (κ2) is 13.8. The molecule has 0 saturated heterocycles. The van der Waals surface area contributed by atoms with Crippen LogP contribution in [0.15, 0.2) is 18.2 Å². The Kier molecular flexibility index (Phi) is 11.6. The lowest BCUT2D eigenvalue weighted by Gasteiger charge is -2.08. The van der Waals surface area contributed by atoms with Gasteiger partial charge in [-0.05, 0) is 24.1 Å². The molecular weight excluding hydrogens is 350 g/mol. The van der Waals surface area contributed by atoms with Crippen molar-refractivity contribution in [3.8, 4) is 11.5 Å². The summed E-state index contributed by atoms with van der Waals surface area (Å²) < 4.78 is 0. The first kappa shape index (κ1) is 22.7. The smallest absolute Gasteiger partial charge is 0.220 e. The van der Waals surface area contributed by atoms with Crippen LogP contribution in [0, 0.1) is 0 Å². The normalized spacial score (nSPS) is 10.6. The molecule has 0 aliphatic carbocycles. The van der Waals surface area contributed by atoms with Gasteiger partial charge in [0.2, 0.25) is 11.8 Å². The Hall–Kier alpha value is -2.36. The Bertz CT molecular complexity index is 583. The summed E-state index contributed by atoms with van der Waals surface area (Å²) in [7, 11) is 0. The molecule has 27 heavy (non-hydrogen) atoms. The maximum Gasteiger partial charge on any atom is 0.220 e. The molecule has 152 valence electrons. The van der Waals surface area contributed by atoms with Crippen LogP contribution in [0.25, 0.3) is 0 Å². The highest BCUT2D eigenvalue weighted by Crippen LogP contribution is 2.24. The van der Waals surface area contributed by atoms with Gasteiger partial charge in [0.15, 0.2) is 11.5 Å². The Morgan fingerprint density at radius 3 is 2.04 bits per heavy atom. The maximum absolute atomic E-state index is 11.8. The fraction of sp³-hybridized carbons (Fsp3) is 0.556. The topological polar surface area (TPSA) is 149 Å². The predicted octanol–water partition coefficient (Wildman–Crippen LogP) is -1.21. The lowest BCUT2D eigenvalue weighted by molar-refractivity contribution is -0.126. The third-order valence-electron chi connectivity index (χ3n) is 3.78. The van der Waals surface area contributed by atoms with E-state index in [2.05, 4.69) is 21.3 Å². The minimum absolute atomic E-state index is 0.128. The molecule has 0 unspecified atom stereocenters. The number of benzene rings is 1. The van der Waals surface area contributed by atoms with E-state index >= 15 is 0 Å². The van der Waals surface area contributed by atoms with Crippen LogP contribution in [0.2, 0.25) is 0 Å². The predicted molar refractivity (Wildman–Crippen MR) is 104 cm³/mol. The van der Waals surface area contributed by atoms with Gasteiger partial charge < -0.3 is 37.2 Å². The van der Waals surface area contributed by atoms with Crippen LogP contribution in [-0.4, -0.2) is 67.8 Å². The van der Waals surface area contributed by atoms with E-state index in [1.807, 2.05) is 0 Å². The fourth-order valence-corrected chi connectivity index (χ4v) is 2.29. The van der Waals surface area contributed by atoms with E-state index in [0.29, 0.717) is 32.6 Å². The molecule has 9 heteroatoms. The minimum Gasteiger partial charge on any atom is -0.504 e. The highest BCUT2D eigenvalue weighted by atomic mass is 16.3. The molecule has 0 atom stereocenters. The van der Waals surface area contributed by atoms with Gasteiger partial charge in [-0.15, -0.1) is 0 Å². The molecule has 9 nitrogen and oxygen atoms in total. The summed E-state index contributed by atoms with van der Waals surface area (Å²) >= 11 is 0. The van der Waals surface area contributed by atoms with Crippen molar-refractivity contribution in [2.45, 2.75) is 19.3 Å². The van der Waals surface area contributed by atoms with Gasteiger partial charge >= 0.3 is 0 Å². The Morgan fingerprint density at radius 2 is 1.41 bits per heavy atom. The minimum atomic E-state index is -0.197. The highest BCUT2D eigenvalue weighted by molar-refractivity contribution is 5.83. The number of rotatable bonds is 14. The first-order valence-corrected chi connectivity index (χ1v) is 9.18. The van der Waals surface area contributed by atoms with Gasteiger partial charge in [-0.25, -0.2) is 0 Å². The zero-order chi connectivity index (χ0) is 19.9. The zero-order valence-electron chi connectivity index (χ0n) is 15.6. The number of phenolic OH excluding ortho intramolecular Hbond substituents is 2. The van der Waals surface area contributed by atoms with Crippen LogP contribution in [0.5, 0.6) is 11.5 Å². The monoisotopic (exact) mass is 381 g/mol. The second-order valence-electron chi connectivity index (χ2n) is 6.06. The molecule has 1 rings (SSSR count). The van der Waals surface area contributed by atoms with Crippen molar-refractivity contribution in [1.82, 2.24) is 21.3 Å². The summed E-state index contributed by atoms with van der Waals surface area (Å²) in [6.45, 7) is 4.62. The van der Waals surface area contributed by atoms with Gasteiger partial charge in [0.1, 0.15) is 0 Å². The summed E-state index contributed by atoms with van der Waals surface area (Å²) in [5.74, 6) is -0.710. The largest absolute Gasteiger partial charge is 0.504 e. The number of amides is 2. The van der Waals surface area contributed by atoms with E-state index in [-0.39, 0.29) is 36.2 Å². The maximum atomic E-state index is 11.8. The fourth-order valence-electron chi connectivity index (χ4n) is 2.29. The zero-order valence-corrected chi connectivity index (χ0v) is 15.6. The van der Waals surface area contributed by atoms with Crippen molar-refractivity contribution in [2.24, 2.45) is 5.73 Å². The van der Waals surface area contributed by atoms with Gasteiger partial charge in [-0.3, -0.25) is 9.59 Å². The molecule has 2 amide bonds. The van der Waals surface area contributed by atoms with Crippen molar-refractivity contribution in [1.29, 1.82) is 0 Å². The van der Waals surface area contributed by atoms with Crippen LogP contribution in [-0.2, 0) is 16.0 Å². The first-order valence-electron chi connectivity index (χ1n) is 9.18. The summed E-state index contributed by atoms with van der Waals surface area (Å²) in [6, 6.07) is 4.54. The van der Waals surface area contributed by atoms with E-state index in [9.17, 15) is 19.8 Å². The van der Waals surface area contributed by atoms with Gasteiger partial charge in [0.05, 0.1) is 0 Å². The molecule has 0 aliphatic heterocycles. The highest BCUT2D eigenvalue weighted by Gasteiger charge is 2.07. The number of carbonyl (C=O) groups is 2. The third kappa shape index (κ3) is 11.1. The lowest BCUT2D eigenvalue weighted by atomic mass is 10.1. The van der Waals surface area contributed by atoms with Crippen molar-refractivity contribution in [3.63, 3.8) is 0 Å². The van der Waals surface area contributed by atoms with E-state index in [0.717, 1.165) is 25.2 Å². The Morgan fingerprint density at radius 1 is 0.815 bits per heavy atom. The van der Waals surface area contributed by atoms with Crippen LogP contribution in [0.1, 0.15) is 18.4 Å². The Labute approximate surface area is 159 Å². The van der Waals surface area contributed by atoms with E-state index < -0.39 is 0 Å². The number of nitrogens with one attached hydrogen (secondary N) is 4. The van der Waals surface area contributed by atoms with Gasteiger partial charge in [0, 0.05) is 58.7 Å². The number of hydrogen-bond donors (Lipinski definition) is 7. The summed E-state index contributed by atoms with van der Waals surface area (Å²) in [5.41, 5.74) is 6.16. The van der Waals surface area contributed by atoms with Crippen LogP contribution >= 0.6 is 0 Å². The average molecular weight is 381 g/mol. The number of aromatic hydroxyl groups is 2. The van der Waals surface area contributed by atoms with Crippen LogP contribution < -0.4 is 27.0 Å². The molecule has 0 fully saturated rings. The van der Waals surface area contributed by atoms with E-state index in [4.69, 9.17) is 5.73 Å². The molecule has 0 spiro atoms. The van der Waals surface area contributed by atoms with Crippen molar-refractivity contribution >= 4 is 11.8 Å². The summed E-state index contributed by atoms with van der Waals surface area (Å²) in [6.07, 6.45) is 0.796. The Balaban J connectivity index is 2.02. The molecule has 1 aromatic rings. The van der Waals surface area contributed by atoms with Crippen molar-refractivity contribution in [2.75, 3.05) is 45.8 Å². The molecule has 1 aromatic carbocycles. The number of phenols is 2. The first-order chi connectivity index (χ1) is 13.0. The standard InChI is InChI=1S/C18H31N5O4/c19-6-8-20-9-10-21-11-12-23-18(27)4-3-17(26)22-7-5-14-1-2-15(24)16(25)13-14/h1-2,13,20-21,24-25H,3-12,19H2,(H,22,26)(H,23,27). The summed E-state index contributed by atoms with van der Waals surface area (Å²) in [5, 5.41) is 30.5. The molecule has 0 heterocycles. The molecular formula is C18H31N5O4. The van der Waals surface area contributed by atoms with Crippen LogP contribution in [0.4, 0.5) is 0 Å². The number of carbonyl (C=O) groups excluding carboxylic acids is 2. The SMILES string of the molecule is NCCNCCNCCNC(=O)CCC(=O)NCCc1ccc(O)c(O)c1. The second-order valence-corrected chi connectivity index (χ2v) is 6.06. The summed E-state index contributed by atoms with van der Waals surface area (Å²) in [4.78, 5) is 23.4. The quantitative estimate of drug-likeness (QED) is 0.158.